The second-order valence-electron chi connectivity index (χ2n) is 4.39. The number of ether oxygens (including phenoxy) is 1. The third-order valence-corrected chi connectivity index (χ3v) is 3.41. The first kappa shape index (κ1) is 16.4. The number of nitro groups is 1. The zero-order valence-electron chi connectivity index (χ0n) is 11.2. The number of rotatable bonds is 7. The van der Waals surface area contributed by atoms with Gasteiger partial charge in [0.2, 0.25) is 5.91 Å². The van der Waals surface area contributed by atoms with Crippen LogP contribution in [0.3, 0.4) is 0 Å². The SMILES string of the molecule is CCNC(C)(COc1cc([N+](=O)[O-])ccc1Br)C(N)=O. The fourth-order valence-electron chi connectivity index (χ4n) is 1.54. The molecule has 20 heavy (non-hydrogen) atoms. The minimum atomic E-state index is -1.04. The van der Waals surface area contributed by atoms with Crippen molar-refractivity contribution in [2.45, 2.75) is 19.4 Å². The van der Waals surface area contributed by atoms with Crippen LogP contribution in [0.1, 0.15) is 13.8 Å². The predicted octanol–water partition coefficient (Wildman–Crippen LogP) is 1.59. The molecule has 3 N–H and O–H groups in total. The quantitative estimate of drug-likeness (QED) is 0.576. The Morgan fingerprint density at radius 3 is 2.75 bits per heavy atom. The number of nitrogens with one attached hydrogen (secondary N) is 1. The lowest BCUT2D eigenvalue weighted by Crippen LogP contribution is -2.57. The van der Waals surface area contributed by atoms with E-state index in [0.717, 1.165) is 0 Å². The van der Waals surface area contributed by atoms with Crippen molar-refractivity contribution >= 4 is 27.5 Å². The summed E-state index contributed by atoms with van der Waals surface area (Å²) in [5, 5.41) is 13.7. The molecule has 0 spiro atoms. The molecule has 0 radical (unpaired) electrons. The maximum absolute atomic E-state index is 11.5. The van der Waals surface area contributed by atoms with Gasteiger partial charge in [0.1, 0.15) is 17.9 Å². The lowest BCUT2D eigenvalue weighted by molar-refractivity contribution is -0.385. The van der Waals surface area contributed by atoms with Crippen molar-refractivity contribution < 1.29 is 14.5 Å². The van der Waals surface area contributed by atoms with Crippen molar-refractivity contribution in [3.8, 4) is 5.75 Å². The van der Waals surface area contributed by atoms with Crippen LogP contribution in [0.5, 0.6) is 5.75 Å². The highest BCUT2D eigenvalue weighted by Gasteiger charge is 2.31. The highest BCUT2D eigenvalue weighted by molar-refractivity contribution is 9.10. The normalized spacial score (nSPS) is 13.6. The van der Waals surface area contributed by atoms with Crippen LogP contribution in [-0.2, 0) is 4.79 Å². The minimum absolute atomic E-state index is 0.0318. The Hall–Kier alpha value is -1.67. The van der Waals surface area contributed by atoms with Crippen molar-refractivity contribution in [3.05, 3.63) is 32.8 Å². The molecule has 1 amide bonds. The Kier molecular flexibility index (Phi) is 5.46. The maximum atomic E-state index is 11.5. The topological polar surface area (TPSA) is 107 Å². The number of benzene rings is 1. The van der Waals surface area contributed by atoms with Gasteiger partial charge < -0.3 is 15.8 Å². The minimum Gasteiger partial charge on any atom is -0.490 e. The van der Waals surface area contributed by atoms with Crippen molar-refractivity contribution in [2.75, 3.05) is 13.2 Å². The van der Waals surface area contributed by atoms with E-state index >= 15 is 0 Å². The molecular weight excluding hydrogens is 330 g/mol. The highest BCUT2D eigenvalue weighted by atomic mass is 79.9. The molecule has 1 atom stereocenters. The molecule has 1 unspecified atom stereocenters. The lowest BCUT2D eigenvalue weighted by Gasteiger charge is -2.27. The van der Waals surface area contributed by atoms with Gasteiger partial charge in [-0.15, -0.1) is 0 Å². The summed E-state index contributed by atoms with van der Waals surface area (Å²) < 4.78 is 6.05. The van der Waals surface area contributed by atoms with Crippen LogP contribution in [0.15, 0.2) is 22.7 Å². The molecule has 7 nitrogen and oxygen atoms in total. The van der Waals surface area contributed by atoms with Gasteiger partial charge in [0.25, 0.3) is 5.69 Å². The monoisotopic (exact) mass is 345 g/mol. The number of halogens is 1. The van der Waals surface area contributed by atoms with Gasteiger partial charge in [0.15, 0.2) is 0 Å². The molecule has 0 aliphatic heterocycles. The number of likely N-dealkylation sites (N-methyl/N-ethyl adjacent to an activating group) is 1. The van der Waals surface area contributed by atoms with Crippen LogP contribution in [0.4, 0.5) is 5.69 Å². The van der Waals surface area contributed by atoms with Gasteiger partial charge in [-0.1, -0.05) is 6.92 Å². The summed E-state index contributed by atoms with van der Waals surface area (Å²) in [6.45, 7) is 3.96. The summed E-state index contributed by atoms with van der Waals surface area (Å²) in [7, 11) is 0. The van der Waals surface area contributed by atoms with E-state index in [9.17, 15) is 14.9 Å². The Bertz CT molecular complexity index is 523. The van der Waals surface area contributed by atoms with Gasteiger partial charge >= 0.3 is 0 Å². The zero-order chi connectivity index (χ0) is 15.3. The average molecular weight is 346 g/mol. The lowest BCUT2D eigenvalue weighted by atomic mass is 10.0. The molecule has 0 saturated heterocycles. The Morgan fingerprint density at radius 1 is 1.60 bits per heavy atom. The Labute approximate surface area is 124 Å². The van der Waals surface area contributed by atoms with Crippen molar-refractivity contribution in [3.63, 3.8) is 0 Å². The molecular formula is C12H16BrN3O4. The number of carbonyl (C=O) groups excluding carboxylic acids is 1. The number of nitrogens with two attached hydrogens (primary N) is 1. The maximum Gasteiger partial charge on any atom is 0.273 e. The van der Waals surface area contributed by atoms with Gasteiger partial charge in [-0.2, -0.15) is 0 Å². The molecule has 8 heteroatoms. The summed E-state index contributed by atoms with van der Waals surface area (Å²) in [4.78, 5) is 21.7. The smallest absolute Gasteiger partial charge is 0.273 e. The van der Waals surface area contributed by atoms with E-state index in [-0.39, 0.29) is 18.0 Å². The fourth-order valence-corrected chi connectivity index (χ4v) is 1.90. The summed E-state index contributed by atoms with van der Waals surface area (Å²) in [6.07, 6.45) is 0. The Morgan fingerprint density at radius 2 is 2.25 bits per heavy atom. The molecule has 0 bridgehead atoms. The average Bonchev–Trinajstić information content (AvgIpc) is 2.37. The van der Waals surface area contributed by atoms with Gasteiger partial charge in [-0.05, 0) is 35.5 Å². The van der Waals surface area contributed by atoms with Crippen LogP contribution in [0.25, 0.3) is 0 Å². The molecule has 0 heterocycles. The number of primary amides is 1. The number of hydrogen-bond donors (Lipinski definition) is 2. The molecule has 0 fully saturated rings. The molecule has 0 saturated carbocycles. The van der Waals surface area contributed by atoms with Gasteiger partial charge in [0, 0.05) is 6.07 Å². The van der Waals surface area contributed by atoms with Crippen LogP contribution >= 0.6 is 15.9 Å². The van der Waals surface area contributed by atoms with Crippen LogP contribution in [0, 0.1) is 10.1 Å². The summed E-state index contributed by atoms with van der Waals surface area (Å²) in [6, 6.07) is 4.16. The van der Waals surface area contributed by atoms with Gasteiger partial charge in [-0.3, -0.25) is 14.9 Å². The molecule has 0 aliphatic rings. The number of carbonyl (C=O) groups is 1. The van der Waals surface area contributed by atoms with E-state index < -0.39 is 16.4 Å². The predicted molar refractivity (Wildman–Crippen MR) is 77.6 cm³/mol. The molecule has 1 aromatic rings. The van der Waals surface area contributed by atoms with E-state index in [2.05, 4.69) is 21.2 Å². The van der Waals surface area contributed by atoms with Crippen molar-refractivity contribution in [2.24, 2.45) is 5.73 Å². The number of non-ortho nitro benzene ring substituents is 1. The third kappa shape index (κ3) is 3.91. The van der Waals surface area contributed by atoms with E-state index in [0.29, 0.717) is 11.0 Å². The van der Waals surface area contributed by atoms with Crippen LogP contribution < -0.4 is 15.8 Å². The number of hydrogen-bond acceptors (Lipinski definition) is 5. The number of amides is 1. The highest BCUT2D eigenvalue weighted by Crippen LogP contribution is 2.29. The Balaban J connectivity index is 2.90. The van der Waals surface area contributed by atoms with Crippen LogP contribution in [0.2, 0.25) is 0 Å². The molecule has 0 aliphatic carbocycles. The first-order valence-electron chi connectivity index (χ1n) is 5.92. The first-order chi connectivity index (χ1) is 9.30. The summed E-state index contributed by atoms with van der Waals surface area (Å²) >= 11 is 3.24. The standard InChI is InChI=1S/C12H16BrN3O4/c1-3-15-12(2,11(14)17)7-20-10-6-8(16(18)19)4-5-9(10)13/h4-6,15H,3,7H2,1-2H3,(H2,14,17). The summed E-state index contributed by atoms with van der Waals surface area (Å²) in [5.41, 5.74) is 4.20. The second-order valence-corrected chi connectivity index (χ2v) is 5.24. The second kappa shape index (κ2) is 6.67. The van der Waals surface area contributed by atoms with Crippen LogP contribution in [-0.4, -0.2) is 29.5 Å². The van der Waals surface area contributed by atoms with Crippen molar-refractivity contribution in [1.29, 1.82) is 0 Å². The largest absolute Gasteiger partial charge is 0.490 e. The molecule has 0 aromatic heterocycles. The van der Waals surface area contributed by atoms with Crippen molar-refractivity contribution in [1.82, 2.24) is 5.32 Å². The first-order valence-corrected chi connectivity index (χ1v) is 6.71. The molecule has 1 rings (SSSR count). The van der Waals surface area contributed by atoms with E-state index in [4.69, 9.17) is 10.5 Å². The molecule has 110 valence electrons. The number of nitrogens with zero attached hydrogens (tertiary/aromatic N) is 1. The molecule has 1 aromatic carbocycles. The fraction of sp³-hybridized carbons (Fsp3) is 0.417. The van der Waals surface area contributed by atoms with E-state index in [1.807, 2.05) is 6.92 Å². The zero-order valence-corrected chi connectivity index (χ0v) is 12.8. The van der Waals surface area contributed by atoms with E-state index in [1.54, 1.807) is 6.92 Å². The summed E-state index contributed by atoms with van der Waals surface area (Å²) in [5.74, 6) is -0.273. The third-order valence-electron chi connectivity index (χ3n) is 2.75. The van der Waals surface area contributed by atoms with Gasteiger partial charge in [-0.25, -0.2) is 0 Å². The number of nitro benzene ring substituents is 1. The van der Waals surface area contributed by atoms with Gasteiger partial charge in [0.05, 0.1) is 15.5 Å². The van der Waals surface area contributed by atoms with E-state index in [1.165, 1.54) is 18.2 Å².